The predicted octanol–water partition coefficient (Wildman–Crippen LogP) is 6.23. The minimum absolute atomic E-state index is 0.260. The first-order valence-corrected chi connectivity index (χ1v) is 12.4. The van der Waals surface area contributed by atoms with Crippen LogP contribution in [0.25, 0.3) is 5.57 Å². The third kappa shape index (κ3) is 5.15. The van der Waals surface area contributed by atoms with Crippen LogP contribution in [0, 0.1) is 0 Å². The van der Waals surface area contributed by atoms with E-state index in [1.54, 1.807) is 12.3 Å². The van der Waals surface area contributed by atoms with Gasteiger partial charge in [0.1, 0.15) is 5.75 Å². The topological polar surface area (TPSA) is 68.7 Å². The second-order valence-corrected chi connectivity index (χ2v) is 9.41. The van der Waals surface area contributed by atoms with Crippen LogP contribution in [0.5, 0.6) is 5.75 Å². The number of carboxylic acids is 1. The molecule has 0 fully saturated rings. The number of aromatic nitrogens is 1. The average molecular weight is 470 g/mol. The molecule has 5 heteroatoms. The summed E-state index contributed by atoms with van der Waals surface area (Å²) in [5.41, 5.74) is 7.52. The molecular weight excluding hydrogens is 438 g/mol. The number of aryl methyl sites for hydroxylation is 1. The largest absolute Gasteiger partial charge is 0.493 e. The van der Waals surface area contributed by atoms with Crippen molar-refractivity contribution in [3.05, 3.63) is 100 Å². The van der Waals surface area contributed by atoms with Gasteiger partial charge in [0.25, 0.3) is 0 Å². The Labute approximate surface area is 206 Å². The molecule has 3 heterocycles. The number of carboxylic acid groups (broad SMARTS) is 1. The molecule has 2 aliphatic heterocycles. The molecule has 0 bridgehead atoms. The number of hydrogen-bond donors (Lipinski definition) is 1. The highest BCUT2D eigenvalue weighted by atomic mass is 16.5. The fraction of sp³-hybridized carbons (Fsp3) is 0.333. The molecular formula is C30H31NO4. The number of aromatic carboxylic acids is 1. The lowest BCUT2D eigenvalue weighted by Gasteiger charge is -2.27. The second kappa shape index (κ2) is 10.4. The Morgan fingerprint density at radius 3 is 2.71 bits per heavy atom. The molecule has 35 heavy (non-hydrogen) atoms. The molecule has 1 aromatic heterocycles. The summed E-state index contributed by atoms with van der Waals surface area (Å²) in [6.45, 7) is 4.41. The van der Waals surface area contributed by atoms with Gasteiger partial charge in [0, 0.05) is 18.3 Å². The van der Waals surface area contributed by atoms with Crippen LogP contribution in [-0.2, 0) is 11.2 Å². The maximum absolute atomic E-state index is 11.5. The van der Waals surface area contributed by atoms with Gasteiger partial charge in [-0.25, -0.2) is 4.79 Å². The molecule has 1 N–H and O–H groups in total. The fourth-order valence-electron chi connectivity index (χ4n) is 5.18. The van der Waals surface area contributed by atoms with E-state index in [0.29, 0.717) is 31.1 Å². The zero-order valence-electron chi connectivity index (χ0n) is 20.1. The van der Waals surface area contributed by atoms with Crippen molar-refractivity contribution in [3.63, 3.8) is 0 Å². The van der Waals surface area contributed by atoms with Gasteiger partial charge >= 0.3 is 5.97 Å². The van der Waals surface area contributed by atoms with Crippen LogP contribution in [0.15, 0.2) is 67.0 Å². The van der Waals surface area contributed by atoms with E-state index in [-0.39, 0.29) is 5.92 Å². The van der Waals surface area contributed by atoms with Crippen molar-refractivity contribution in [1.29, 1.82) is 0 Å². The van der Waals surface area contributed by atoms with Gasteiger partial charge in [0.15, 0.2) is 0 Å². The Bertz CT molecular complexity index is 1230. The first-order chi connectivity index (χ1) is 17.1. The lowest BCUT2D eigenvalue weighted by Crippen LogP contribution is -2.16. The molecule has 0 aliphatic carbocycles. The number of ether oxygens (including phenoxy) is 2. The van der Waals surface area contributed by atoms with E-state index in [1.807, 2.05) is 0 Å². The molecule has 0 saturated heterocycles. The predicted molar refractivity (Wildman–Crippen MR) is 136 cm³/mol. The first kappa shape index (κ1) is 23.3. The second-order valence-electron chi connectivity index (χ2n) is 9.41. The highest BCUT2D eigenvalue weighted by Gasteiger charge is 2.23. The number of rotatable bonds is 7. The van der Waals surface area contributed by atoms with E-state index in [4.69, 9.17) is 9.47 Å². The number of benzene rings is 2. The van der Waals surface area contributed by atoms with Gasteiger partial charge in [-0.3, -0.25) is 4.98 Å². The Kier molecular flexibility index (Phi) is 6.96. The maximum atomic E-state index is 11.5. The number of nitrogens with zero attached hydrogens (tertiary/aromatic N) is 1. The number of pyridine rings is 1. The monoisotopic (exact) mass is 469 g/mol. The van der Waals surface area contributed by atoms with Gasteiger partial charge in [-0.15, -0.1) is 0 Å². The summed E-state index contributed by atoms with van der Waals surface area (Å²) in [5.74, 6) is 0.664. The Morgan fingerprint density at radius 2 is 1.94 bits per heavy atom. The van der Waals surface area contributed by atoms with Crippen LogP contribution >= 0.6 is 0 Å². The highest BCUT2D eigenvalue weighted by Crippen LogP contribution is 2.39. The van der Waals surface area contributed by atoms with Crippen LogP contribution in [0.2, 0.25) is 0 Å². The average Bonchev–Trinajstić information content (AvgIpc) is 2.92. The maximum Gasteiger partial charge on any atom is 0.336 e. The van der Waals surface area contributed by atoms with Crippen molar-refractivity contribution in [2.45, 2.75) is 44.4 Å². The van der Waals surface area contributed by atoms with Crippen molar-refractivity contribution in [1.82, 2.24) is 4.98 Å². The quantitative estimate of drug-likeness (QED) is 0.444. The van der Waals surface area contributed by atoms with Crippen molar-refractivity contribution >= 4 is 11.5 Å². The number of carbonyl (C=O) groups is 1. The molecule has 180 valence electrons. The van der Waals surface area contributed by atoms with Crippen LogP contribution < -0.4 is 4.74 Å². The molecule has 5 nitrogen and oxygen atoms in total. The minimum atomic E-state index is -0.897. The molecule has 2 aliphatic rings. The molecule has 1 unspecified atom stereocenters. The highest BCUT2D eigenvalue weighted by molar-refractivity contribution is 5.89. The Hall–Kier alpha value is -3.44. The smallest absolute Gasteiger partial charge is 0.336 e. The Balaban J connectivity index is 1.30. The summed E-state index contributed by atoms with van der Waals surface area (Å²) >= 11 is 0. The normalized spacial score (nSPS) is 18.2. The van der Waals surface area contributed by atoms with Crippen LogP contribution in [0.4, 0.5) is 0 Å². The van der Waals surface area contributed by atoms with Crippen molar-refractivity contribution < 1.29 is 19.4 Å². The van der Waals surface area contributed by atoms with E-state index < -0.39 is 5.97 Å². The third-order valence-corrected chi connectivity index (χ3v) is 7.34. The van der Waals surface area contributed by atoms with E-state index in [2.05, 4.69) is 60.4 Å². The molecule has 0 amide bonds. The SMILES string of the molecule is CC(c1ccc(C2=CCOCC2)cc1)c1ccc2c(c1)OCC[C@H]2CCc1cnccc1C(=O)O. The molecule has 2 atom stereocenters. The molecule has 3 aromatic rings. The lowest BCUT2D eigenvalue weighted by atomic mass is 9.85. The lowest BCUT2D eigenvalue weighted by molar-refractivity contribution is 0.0695. The fourth-order valence-corrected chi connectivity index (χ4v) is 5.18. The van der Waals surface area contributed by atoms with E-state index in [1.165, 1.54) is 34.0 Å². The summed E-state index contributed by atoms with van der Waals surface area (Å²) in [4.78, 5) is 15.7. The summed E-state index contributed by atoms with van der Waals surface area (Å²) in [6, 6.07) is 17.1. The molecule has 0 spiro atoms. The molecule has 0 saturated carbocycles. The van der Waals surface area contributed by atoms with Gasteiger partial charge in [0.05, 0.1) is 25.4 Å². The van der Waals surface area contributed by atoms with Gasteiger partial charge in [-0.2, -0.15) is 0 Å². The zero-order valence-corrected chi connectivity index (χ0v) is 20.1. The van der Waals surface area contributed by atoms with Crippen molar-refractivity contribution in [2.75, 3.05) is 19.8 Å². The third-order valence-electron chi connectivity index (χ3n) is 7.34. The Morgan fingerprint density at radius 1 is 1.11 bits per heavy atom. The van der Waals surface area contributed by atoms with Crippen molar-refractivity contribution in [3.8, 4) is 5.75 Å². The van der Waals surface area contributed by atoms with Gasteiger partial charge < -0.3 is 14.6 Å². The minimum Gasteiger partial charge on any atom is -0.493 e. The molecule has 2 aromatic carbocycles. The summed E-state index contributed by atoms with van der Waals surface area (Å²) in [6.07, 6.45) is 8.86. The van der Waals surface area contributed by atoms with Crippen LogP contribution in [0.3, 0.4) is 0 Å². The van der Waals surface area contributed by atoms with Gasteiger partial charge in [-0.1, -0.05) is 49.4 Å². The number of fused-ring (bicyclic) bond motifs is 1. The molecule has 0 radical (unpaired) electrons. The standard InChI is InChI=1S/C30H31NO4/c1-20(21-2-4-22(5-3-21)23-11-15-34-16-12-23)25-8-9-27-24(13-17-35-29(27)18-25)6-7-26-19-31-14-10-28(26)30(32)33/h2-5,8-11,14,18-20,24H,6-7,12-13,15-17H2,1H3,(H,32,33)/t20?,24-/m1/s1. The first-order valence-electron chi connectivity index (χ1n) is 12.4. The summed E-state index contributed by atoms with van der Waals surface area (Å²) in [5, 5.41) is 9.46. The van der Waals surface area contributed by atoms with Crippen LogP contribution in [0.1, 0.15) is 76.2 Å². The van der Waals surface area contributed by atoms with Crippen LogP contribution in [-0.4, -0.2) is 35.9 Å². The van der Waals surface area contributed by atoms with E-state index >= 15 is 0 Å². The van der Waals surface area contributed by atoms with E-state index in [9.17, 15) is 9.90 Å². The van der Waals surface area contributed by atoms with Crippen molar-refractivity contribution in [2.24, 2.45) is 0 Å². The summed E-state index contributed by atoms with van der Waals surface area (Å²) in [7, 11) is 0. The van der Waals surface area contributed by atoms with Gasteiger partial charge in [-0.05, 0) is 77.1 Å². The summed E-state index contributed by atoms with van der Waals surface area (Å²) < 4.78 is 11.5. The molecule has 5 rings (SSSR count). The number of hydrogen-bond acceptors (Lipinski definition) is 4. The van der Waals surface area contributed by atoms with Gasteiger partial charge in [0.2, 0.25) is 0 Å². The zero-order chi connectivity index (χ0) is 24.2. The van der Waals surface area contributed by atoms with E-state index in [0.717, 1.165) is 37.2 Å².